The molecule has 2 aromatic rings. The number of nitrogens with one attached hydrogen (secondary N) is 3. The van der Waals surface area contributed by atoms with Crippen molar-refractivity contribution >= 4 is 18.0 Å². The van der Waals surface area contributed by atoms with Crippen LogP contribution >= 0.6 is 0 Å². The molecule has 3 N–H and O–H groups in total. The average Bonchev–Trinajstić information content (AvgIpc) is 3.56. The smallest absolute Gasteiger partial charge is 0.323 e. The van der Waals surface area contributed by atoms with Crippen molar-refractivity contribution in [2.45, 2.75) is 117 Å². The van der Waals surface area contributed by atoms with Crippen molar-refractivity contribution in [1.29, 1.82) is 0 Å². The first kappa shape index (κ1) is 34.8. The predicted octanol–water partition coefficient (Wildman–Crippen LogP) is 6.58. The number of benzene rings is 2. The van der Waals surface area contributed by atoms with Crippen molar-refractivity contribution in [2.24, 2.45) is 11.8 Å². The van der Waals surface area contributed by atoms with E-state index < -0.39 is 6.29 Å². The van der Waals surface area contributed by atoms with Crippen molar-refractivity contribution in [3.63, 3.8) is 0 Å². The number of amides is 1. The number of carbonyl (C=O) groups is 2. The van der Waals surface area contributed by atoms with Gasteiger partial charge in [-0.15, -0.1) is 0 Å². The van der Waals surface area contributed by atoms with Gasteiger partial charge in [0, 0.05) is 25.7 Å². The Balaban J connectivity index is 1.19. The summed E-state index contributed by atoms with van der Waals surface area (Å²) in [6.45, 7) is 8.53. The van der Waals surface area contributed by atoms with Crippen LogP contribution < -0.4 is 16.1 Å². The Morgan fingerprint density at radius 2 is 1.51 bits per heavy atom. The molecular weight excluding hydrogens is 566 g/mol. The van der Waals surface area contributed by atoms with Gasteiger partial charge in [0.05, 0.1) is 6.61 Å². The highest BCUT2D eigenvalue weighted by atomic mass is 16.8. The summed E-state index contributed by atoms with van der Waals surface area (Å²) in [6, 6.07) is 16.4. The maximum absolute atomic E-state index is 13.2. The van der Waals surface area contributed by atoms with Crippen LogP contribution in [0.25, 0.3) is 6.08 Å². The van der Waals surface area contributed by atoms with E-state index in [1.54, 1.807) is 13.0 Å². The lowest BCUT2D eigenvalue weighted by molar-refractivity contribution is -0.180. The van der Waals surface area contributed by atoms with Crippen LogP contribution in [0.3, 0.4) is 0 Å². The molecule has 2 aliphatic carbocycles. The Labute approximate surface area is 269 Å². The lowest BCUT2D eigenvalue weighted by atomic mass is 9.83. The van der Waals surface area contributed by atoms with E-state index in [4.69, 9.17) is 14.3 Å². The van der Waals surface area contributed by atoms with E-state index in [-0.39, 0.29) is 24.0 Å². The average molecular weight is 620 g/mol. The van der Waals surface area contributed by atoms with Crippen LogP contribution in [0.4, 0.5) is 0 Å². The topological polar surface area (TPSA) is 97.9 Å². The van der Waals surface area contributed by atoms with Crippen LogP contribution in [-0.4, -0.2) is 36.9 Å². The number of hydrogen-bond acceptors (Lipinski definition) is 7. The fourth-order valence-corrected chi connectivity index (χ4v) is 6.02. The van der Waals surface area contributed by atoms with Crippen molar-refractivity contribution in [3.05, 3.63) is 76.9 Å². The van der Waals surface area contributed by atoms with E-state index in [2.05, 4.69) is 66.4 Å². The number of rotatable bonds is 17. The largest absolute Gasteiger partial charge is 0.461 e. The molecular formula is C37H53N3O5. The fraction of sp³-hybridized carbons (Fsp3) is 0.568. The first-order valence-electron chi connectivity index (χ1n) is 16.9. The SMILES string of the molecule is CC(C)COC(C)ONC(=O)C=Cc1cccc(CNCc2ccc(CN[C@H](C(=O)OC3CCCC3)C3CCCCC3)cc2)c1. The molecule has 8 heteroatoms. The monoisotopic (exact) mass is 619 g/mol. The number of hydrogen-bond donors (Lipinski definition) is 3. The van der Waals surface area contributed by atoms with E-state index in [1.807, 2.05) is 12.1 Å². The zero-order chi connectivity index (χ0) is 31.9. The van der Waals surface area contributed by atoms with Gasteiger partial charge in [-0.2, -0.15) is 0 Å². The summed E-state index contributed by atoms with van der Waals surface area (Å²) in [5.41, 5.74) is 6.83. The lowest BCUT2D eigenvalue weighted by Gasteiger charge is -2.30. The third-order valence-corrected chi connectivity index (χ3v) is 8.54. The van der Waals surface area contributed by atoms with Gasteiger partial charge in [0.2, 0.25) is 0 Å². The maximum atomic E-state index is 13.2. The van der Waals surface area contributed by atoms with Gasteiger partial charge >= 0.3 is 5.97 Å². The van der Waals surface area contributed by atoms with Crippen LogP contribution in [0.1, 0.15) is 101 Å². The van der Waals surface area contributed by atoms with Crippen LogP contribution in [0.5, 0.6) is 0 Å². The number of carbonyl (C=O) groups excluding carboxylic acids is 2. The lowest BCUT2D eigenvalue weighted by Crippen LogP contribution is -2.45. The summed E-state index contributed by atoms with van der Waals surface area (Å²) in [5, 5.41) is 7.08. The van der Waals surface area contributed by atoms with Gasteiger partial charge in [-0.05, 0) is 85.6 Å². The first-order valence-corrected chi connectivity index (χ1v) is 16.9. The summed E-state index contributed by atoms with van der Waals surface area (Å²) in [5.74, 6) is 0.361. The fourth-order valence-electron chi connectivity index (χ4n) is 6.02. The standard InChI is InChI=1S/C37H53N3O5/c1-27(2)26-43-28(3)45-40-35(41)21-20-29-10-9-11-32(22-29)24-38-23-30-16-18-31(19-17-30)25-39-36(33-12-5-4-6-13-33)37(42)44-34-14-7-8-15-34/h9-11,16-22,27-28,33-34,36,38-39H,4-8,12-15,23-26H2,1-3H3,(H,40,41)/t28?,36-/m0/s1. The van der Waals surface area contributed by atoms with Crippen molar-refractivity contribution < 1.29 is 23.9 Å². The Kier molecular flexibility index (Phi) is 14.6. The second-order valence-electron chi connectivity index (χ2n) is 13.0. The van der Waals surface area contributed by atoms with E-state index in [0.717, 1.165) is 56.2 Å². The molecule has 2 fully saturated rings. The second-order valence-corrected chi connectivity index (χ2v) is 13.0. The van der Waals surface area contributed by atoms with Gasteiger partial charge in [0.1, 0.15) is 12.1 Å². The molecule has 0 bridgehead atoms. The highest BCUT2D eigenvalue weighted by Gasteiger charge is 2.32. The van der Waals surface area contributed by atoms with Gasteiger partial charge in [0.25, 0.3) is 5.91 Å². The molecule has 246 valence electrons. The molecule has 0 aromatic heterocycles. The Morgan fingerprint density at radius 1 is 0.844 bits per heavy atom. The van der Waals surface area contributed by atoms with Gasteiger partial charge in [-0.3, -0.25) is 9.59 Å². The molecule has 1 amide bonds. The zero-order valence-electron chi connectivity index (χ0n) is 27.4. The molecule has 45 heavy (non-hydrogen) atoms. The molecule has 0 heterocycles. The summed E-state index contributed by atoms with van der Waals surface area (Å²) in [6.07, 6.45) is 13.0. The zero-order valence-corrected chi connectivity index (χ0v) is 27.4. The normalized spacial score (nSPS) is 17.5. The van der Waals surface area contributed by atoms with Crippen LogP contribution in [0.15, 0.2) is 54.6 Å². The van der Waals surface area contributed by atoms with E-state index in [9.17, 15) is 9.59 Å². The van der Waals surface area contributed by atoms with Crippen LogP contribution in [0.2, 0.25) is 0 Å². The number of esters is 1. The minimum absolute atomic E-state index is 0.0521. The molecule has 0 spiro atoms. The third kappa shape index (κ3) is 12.7. The van der Waals surface area contributed by atoms with Gasteiger partial charge < -0.3 is 20.1 Å². The molecule has 8 nitrogen and oxygen atoms in total. The molecule has 0 saturated heterocycles. The van der Waals surface area contributed by atoms with Crippen LogP contribution in [0, 0.1) is 11.8 Å². The minimum atomic E-state index is -0.512. The summed E-state index contributed by atoms with van der Waals surface area (Å²) in [4.78, 5) is 30.5. The van der Waals surface area contributed by atoms with Gasteiger partial charge in [-0.25, -0.2) is 10.3 Å². The third-order valence-electron chi connectivity index (χ3n) is 8.54. The number of ether oxygens (including phenoxy) is 2. The molecule has 0 radical (unpaired) electrons. The summed E-state index contributed by atoms with van der Waals surface area (Å²) in [7, 11) is 0. The molecule has 2 aliphatic rings. The Morgan fingerprint density at radius 3 is 2.22 bits per heavy atom. The first-order chi connectivity index (χ1) is 21.9. The van der Waals surface area contributed by atoms with Gasteiger partial charge in [-0.1, -0.05) is 81.6 Å². The highest BCUT2D eigenvalue weighted by molar-refractivity contribution is 5.90. The highest BCUT2D eigenvalue weighted by Crippen LogP contribution is 2.29. The molecule has 4 rings (SSSR count). The maximum Gasteiger partial charge on any atom is 0.323 e. The van der Waals surface area contributed by atoms with Gasteiger partial charge in [0.15, 0.2) is 6.29 Å². The minimum Gasteiger partial charge on any atom is -0.461 e. The van der Waals surface area contributed by atoms with E-state index in [0.29, 0.717) is 31.5 Å². The predicted molar refractivity (Wildman–Crippen MR) is 177 cm³/mol. The van der Waals surface area contributed by atoms with Crippen molar-refractivity contribution in [2.75, 3.05) is 6.61 Å². The van der Waals surface area contributed by atoms with E-state index in [1.165, 1.54) is 36.5 Å². The second kappa shape index (κ2) is 18.8. The Bertz CT molecular complexity index is 1200. The molecule has 2 atom stereocenters. The molecule has 1 unspecified atom stereocenters. The Hall–Kier alpha value is -3.04. The molecule has 2 aromatic carbocycles. The van der Waals surface area contributed by atoms with Crippen molar-refractivity contribution in [1.82, 2.24) is 16.1 Å². The summed E-state index contributed by atoms with van der Waals surface area (Å²) < 4.78 is 11.4. The molecule has 2 saturated carbocycles. The van der Waals surface area contributed by atoms with Crippen LogP contribution in [-0.2, 0) is 43.5 Å². The quantitative estimate of drug-likeness (QED) is 0.0797. The van der Waals surface area contributed by atoms with E-state index >= 15 is 0 Å². The summed E-state index contributed by atoms with van der Waals surface area (Å²) >= 11 is 0. The number of hydroxylamine groups is 1. The molecule has 0 aliphatic heterocycles. The van der Waals surface area contributed by atoms with Crippen molar-refractivity contribution in [3.8, 4) is 0 Å².